The summed E-state index contributed by atoms with van der Waals surface area (Å²) in [5.74, 6) is -1.23. The van der Waals surface area contributed by atoms with Gasteiger partial charge in [-0.2, -0.15) is 8.78 Å². The van der Waals surface area contributed by atoms with E-state index >= 15 is 0 Å². The Morgan fingerprint density at radius 2 is 2.06 bits per heavy atom. The van der Waals surface area contributed by atoms with Crippen molar-refractivity contribution < 1.29 is 17.9 Å². The van der Waals surface area contributed by atoms with Crippen LogP contribution in [0.3, 0.4) is 0 Å². The zero-order valence-corrected chi connectivity index (χ0v) is 8.92. The van der Waals surface area contributed by atoms with Crippen LogP contribution in [0.25, 0.3) is 0 Å². The second kappa shape index (κ2) is 5.75. The van der Waals surface area contributed by atoms with Crippen LogP contribution >= 0.6 is 0 Å². The van der Waals surface area contributed by atoms with Crippen LogP contribution in [0.2, 0.25) is 0 Å². The number of halogens is 3. The van der Waals surface area contributed by atoms with Crippen molar-refractivity contribution in [3.63, 3.8) is 0 Å². The van der Waals surface area contributed by atoms with E-state index in [0.717, 1.165) is 6.42 Å². The molecule has 0 bridgehead atoms. The molecule has 1 aromatic rings. The number of nitrogens with two attached hydrogens (primary N) is 1. The van der Waals surface area contributed by atoms with Crippen molar-refractivity contribution in [1.29, 1.82) is 0 Å². The van der Waals surface area contributed by atoms with Crippen LogP contribution in [0.1, 0.15) is 18.9 Å². The molecule has 1 atom stereocenters. The summed E-state index contributed by atoms with van der Waals surface area (Å²) in [4.78, 5) is 0. The molecule has 90 valence electrons. The molecule has 2 N–H and O–H groups in total. The minimum atomic E-state index is -3.02. The topological polar surface area (TPSA) is 35.2 Å². The van der Waals surface area contributed by atoms with Crippen LogP contribution in [0.15, 0.2) is 18.2 Å². The Hall–Kier alpha value is -1.23. The van der Waals surface area contributed by atoms with Gasteiger partial charge in [-0.3, -0.25) is 0 Å². The van der Waals surface area contributed by atoms with Gasteiger partial charge in [0, 0.05) is 6.04 Å². The van der Waals surface area contributed by atoms with E-state index in [1.54, 1.807) is 0 Å². The molecule has 0 amide bonds. The van der Waals surface area contributed by atoms with Gasteiger partial charge in [-0.1, -0.05) is 13.0 Å². The summed E-state index contributed by atoms with van der Waals surface area (Å²) in [6.45, 7) is -1.09. The molecule has 0 heterocycles. The lowest BCUT2D eigenvalue weighted by atomic mass is 10.0. The predicted molar refractivity (Wildman–Crippen MR) is 55.0 cm³/mol. The summed E-state index contributed by atoms with van der Waals surface area (Å²) in [7, 11) is 0. The highest BCUT2D eigenvalue weighted by Gasteiger charge is 2.11. The van der Waals surface area contributed by atoms with E-state index in [2.05, 4.69) is 4.74 Å². The normalized spacial score (nSPS) is 12.9. The third kappa shape index (κ3) is 3.73. The van der Waals surface area contributed by atoms with Crippen molar-refractivity contribution in [2.24, 2.45) is 5.73 Å². The molecular formula is C11H14F3NO. The van der Waals surface area contributed by atoms with Crippen LogP contribution in [0, 0.1) is 5.82 Å². The quantitative estimate of drug-likeness (QED) is 0.848. The minimum Gasteiger partial charge on any atom is -0.432 e. The molecule has 1 rings (SSSR count). The molecule has 1 aromatic carbocycles. The zero-order valence-electron chi connectivity index (χ0n) is 8.92. The highest BCUT2D eigenvalue weighted by molar-refractivity contribution is 5.29. The first kappa shape index (κ1) is 12.8. The van der Waals surface area contributed by atoms with Gasteiger partial charge in [0.25, 0.3) is 0 Å². The predicted octanol–water partition coefficient (Wildman–Crippen LogP) is 2.71. The van der Waals surface area contributed by atoms with Gasteiger partial charge in [-0.05, 0) is 30.5 Å². The van der Waals surface area contributed by atoms with Gasteiger partial charge in [0.05, 0.1) is 0 Å². The molecule has 0 aliphatic rings. The van der Waals surface area contributed by atoms with E-state index in [0.29, 0.717) is 12.0 Å². The Morgan fingerprint density at radius 3 is 2.56 bits per heavy atom. The van der Waals surface area contributed by atoms with Crippen molar-refractivity contribution in [2.75, 3.05) is 0 Å². The second-order valence-corrected chi connectivity index (χ2v) is 3.52. The van der Waals surface area contributed by atoms with Gasteiger partial charge in [-0.15, -0.1) is 0 Å². The Morgan fingerprint density at radius 1 is 1.38 bits per heavy atom. The molecule has 0 radical (unpaired) electrons. The molecule has 0 saturated carbocycles. The average Bonchev–Trinajstić information content (AvgIpc) is 2.21. The van der Waals surface area contributed by atoms with Crippen molar-refractivity contribution in [3.8, 4) is 5.75 Å². The Balaban J connectivity index is 2.74. The van der Waals surface area contributed by atoms with E-state index in [1.807, 2.05) is 6.92 Å². The fourth-order valence-corrected chi connectivity index (χ4v) is 1.31. The number of hydrogen-bond donors (Lipinski definition) is 1. The molecule has 2 nitrogen and oxygen atoms in total. The molecule has 0 aliphatic carbocycles. The molecule has 0 fully saturated rings. The second-order valence-electron chi connectivity index (χ2n) is 3.52. The van der Waals surface area contributed by atoms with E-state index in [1.165, 1.54) is 18.2 Å². The lowest BCUT2D eigenvalue weighted by Crippen LogP contribution is -2.21. The summed E-state index contributed by atoms with van der Waals surface area (Å²) in [5, 5.41) is 0. The number of alkyl halides is 2. The van der Waals surface area contributed by atoms with Crippen LogP contribution in [0.4, 0.5) is 13.2 Å². The van der Waals surface area contributed by atoms with Gasteiger partial charge in [0.1, 0.15) is 0 Å². The SMILES string of the molecule is CCC(N)Cc1ccc(OC(F)F)c(F)c1. The van der Waals surface area contributed by atoms with Crippen LogP contribution < -0.4 is 10.5 Å². The van der Waals surface area contributed by atoms with E-state index in [4.69, 9.17) is 5.73 Å². The Kier molecular flexibility index (Phi) is 4.61. The molecule has 0 spiro atoms. The van der Waals surface area contributed by atoms with Crippen LogP contribution in [0.5, 0.6) is 5.75 Å². The zero-order chi connectivity index (χ0) is 12.1. The van der Waals surface area contributed by atoms with Gasteiger partial charge >= 0.3 is 6.61 Å². The van der Waals surface area contributed by atoms with Crippen molar-refractivity contribution >= 4 is 0 Å². The first-order valence-corrected chi connectivity index (χ1v) is 5.01. The summed E-state index contributed by atoms with van der Waals surface area (Å²) in [6.07, 6.45) is 1.29. The van der Waals surface area contributed by atoms with E-state index in [9.17, 15) is 13.2 Å². The Bertz CT molecular complexity index is 344. The molecule has 16 heavy (non-hydrogen) atoms. The van der Waals surface area contributed by atoms with Crippen LogP contribution in [-0.4, -0.2) is 12.7 Å². The molecule has 0 saturated heterocycles. The average molecular weight is 233 g/mol. The fraction of sp³-hybridized carbons (Fsp3) is 0.455. The maximum Gasteiger partial charge on any atom is 0.387 e. The van der Waals surface area contributed by atoms with Gasteiger partial charge < -0.3 is 10.5 Å². The third-order valence-corrected chi connectivity index (χ3v) is 2.23. The number of benzene rings is 1. The first-order chi connectivity index (χ1) is 7.52. The number of rotatable bonds is 5. The summed E-state index contributed by atoms with van der Waals surface area (Å²) in [6, 6.07) is 3.85. The summed E-state index contributed by atoms with van der Waals surface area (Å²) >= 11 is 0. The standard InChI is InChI=1S/C11H14F3NO/c1-2-8(15)5-7-3-4-10(9(12)6-7)16-11(13)14/h3-4,6,8,11H,2,5,15H2,1H3. The molecule has 5 heteroatoms. The van der Waals surface area contributed by atoms with E-state index < -0.39 is 18.2 Å². The molecule has 0 aromatic heterocycles. The highest BCUT2D eigenvalue weighted by atomic mass is 19.3. The van der Waals surface area contributed by atoms with Crippen LogP contribution in [-0.2, 0) is 6.42 Å². The van der Waals surface area contributed by atoms with Crippen molar-refractivity contribution in [2.45, 2.75) is 32.4 Å². The van der Waals surface area contributed by atoms with Crippen molar-refractivity contribution in [3.05, 3.63) is 29.6 Å². The minimum absolute atomic E-state index is 0.0544. The summed E-state index contributed by atoms with van der Waals surface area (Å²) in [5.41, 5.74) is 6.37. The number of ether oxygens (including phenoxy) is 1. The lowest BCUT2D eigenvalue weighted by Gasteiger charge is -2.10. The third-order valence-electron chi connectivity index (χ3n) is 2.23. The number of hydrogen-bond acceptors (Lipinski definition) is 2. The lowest BCUT2D eigenvalue weighted by molar-refractivity contribution is -0.0522. The maximum absolute atomic E-state index is 13.3. The fourth-order valence-electron chi connectivity index (χ4n) is 1.31. The van der Waals surface area contributed by atoms with Crippen molar-refractivity contribution in [1.82, 2.24) is 0 Å². The van der Waals surface area contributed by atoms with Gasteiger partial charge in [0.15, 0.2) is 11.6 Å². The summed E-state index contributed by atoms with van der Waals surface area (Å²) < 4.78 is 41.0. The monoisotopic (exact) mass is 233 g/mol. The maximum atomic E-state index is 13.3. The molecular weight excluding hydrogens is 219 g/mol. The van der Waals surface area contributed by atoms with Gasteiger partial charge in [-0.25, -0.2) is 4.39 Å². The Labute approximate surface area is 92.2 Å². The highest BCUT2D eigenvalue weighted by Crippen LogP contribution is 2.21. The molecule has 0 aliphatic heterocycles. The largest absolute Gasteiger partial charge is 0.432 e. The first-order valence-electron chi connectivity index (χ1n) is 5.01. The smallest absolute Gasteiger partial charge is 0.387 e. The van der Waals surface area contributed by atoms with Gasteiger partial charge in [0.2, 0.25) is 0 Å². The molecule has 1 unspecified atom stereocenters. The van der Waals surface area contributed by atoms with E-state index in [-0.39, 0.29) is 6.04 Å².